The fraction of sp³-hybridized carbons (Fsp3) is 0.444. The summed E-state index contributed by atoms with van der Waals surface area (Å²) in [5.41, 5.74) is 6.33. The van der Waals surface area contributed by atoms with Crippen molar-refractivity contribution in [3.05, 3.63) is 16.7 Å². The molecule has 1 aliphatic rings. The minimum absolute atomic E-state index is 0.669. The Kier molecular flexibility index (Phi) is 2.88. The second kappa shape index (κ2) is 4.14. The van der Waals surface area contributed by atoms with Gasteiger partial charge in [-0.05, 0) is 22.0 Å². The number of rotatable bonds is 1. The fourth-order valence-electron chi connectivity index (χ4n) is 1.40. The van der Waals surface area contributed by atoms with E-state index in [1.807, 2.05) is 6.07 Å². The summed E-state index contributed by atoms with van der Waals surface area (Å²) in [6.45, 7) is 3.32. The molecule has 1 aliphatic heterocycles. The molecule has 2 N–H and O–H groups in total. The van der Waals surface area contributed by atoms with E-state index in [9.17, 15) is 0 Å². The van der Waals surface area contributed by atoms with Gasteiger partial charge >= 0.3 is 0 Å². The average Bonchev–Trinajstić information content (AvgIpc) is 2.23. The first-order valence-corrected chi connectivity index (χ1v) is 5.30. The summed E-state index contributed by atoms with van der Waals surface area (Å²) in [6.07, 6.45) is 1.68. The molecular weight excluding hydrogens is 246 g/mol. The number of anilines is 2. The number of halogens is 1. The minimum atomic E-state index is 0.669. The largest absolute Gasteiger partial charge is 0.397 e. The van der Waals surface area contributed by atoms with Gasteiger partial charge in [0.25, 0.3) is 0 Å². The van der Waals surface area contributed by atoms with Crippen molar-refractivity contribution in [1.29, 1.82) is 0 Å². The van der Waals surface area contributed by atoms with Gasteiger partial charge in [0.15, 0.2) is 0 Å². The zero-order valence-electron chi connectivity index (χ0n) is 7.74. The van der Waals surface area contributed by atoms with Crippen molar-refractivity contribution >= 4 is 27.4 Å². The maximum absolute atomic E-state index is 5.67. The van der Waals surface area contributed by atoms with Crippen LogP contribution in [0.25, 0.3) is 0 Å². The summed E-state index contributed by atoms with van der Waals surface area (Å²) < 4.78 is 6.17. The highest BCUT2D eigenvalue weighted by atomic mass is 79.9. The zero-order chi connectivity index (χ0) is 9.97. The van der Waals surface area contributed by atoms with Crippen LogP contribution < -0.4 is 10.6 Å². The molecule has 0 aromatic carbocycles. The topological polar surface area (TPSA) is 51.4 Å². The molecule has 0 radical (unpaired) electrons. The van der Waals surface area contributed by atoms with E-state index >= 15 is 0 Å². The normalized spacial score (nSPS) is 17.1. The molecule has 14 heavy (non-hydrogen) atoms. The SMILES string of the molecule is Nc1cnc(N2CCOCC2)cc1Br. The molecule has 1 aromatic rings. The van der Waals surface area contributed by atoms with Gasteiger partial charge < -0.3 is 15.4 Å². The summed E-state index contributed by atoms with van der Waals surface area (Å²) in [5, 5.41) is 0. The third kappa shape index (κ3) is 1.99. The predicted octanol–water partition coefficient (Wildman–Crippen LogP) is 1.26. The molecule has 0 saturated carbocycles. The first-order chi connectivity index (χ1) is 6.77. The molecule has 0 spiro atoms. The molecule has 1 aromatic heterocycles. The summed E-state index contributed by atoms with van der Waals surface area (Å²) in [7, 11) is 0. The fourth-order valence-corrected chi connectivity index (χ4v) is 1.70. The van der Waals surface area contributed by atoms with Gasteiger partial charge in [0.2, 0.25) is 0 Å². The third-order valence-electron chi connectivity index (χ3n) is 2.20. The first kappa shape index (κ1) is 9.73. The second-order valence-electron chi connectivity index (χ2n) is 3.16. The summed E-state index contributed by atoms with van der Waals surface area (Å²) in [6, 6.07) is 1.95. The molecule has 5 heteroatoms. The summed E-state index contributed by atoms with van der Waals surface area (Å²) in [4.78, 5) is 6.47. The lowest BCUT2D eigenvalue weighted by atomic mass is 10.3. The van der Waals surface area contributed by atoms with Crippen molar-refractivity contribution in [2.75, 3.05) is 36.9 Å². The number of hydrogen-bond donors (Lipinski definition) is 1. The van der Waals surface area contributed by atoms with Crippen LogP contribution in [-0.2, 0) is 4.74 Å². The Balaban J connectivity index is 2.18. The number of hydrogen-bond acceptors (Lipinski definition) is 4. The highest BCUT2D eigenvalue weighted by Gasteiger charge is 2.12. The Morgan fingerprint density at radius 1 is 1.43 bits per heavy atom. The van der Waals surface area contributed by atoms with Crippen molar-refractivity contribution < 1.29 is 4.74 Å². The van der Waals surface area contributed by atoms with Crippen LogP contribution in [0, 0.1) is 0 Å². The van der Waals surface area contributed by atoms with E-state index in [2.05, 4.69) is 25.8 Å². The molecule has 0 atom stereocenters. The molecular formula is C9H12BrN3O. The molecule has 2 rings (SSSR count). The highest BCUT2D eigenvalue weighted by Crippen LogP contribution is 2.23. The molecule has 0 aliphatic carbocycles. The van der Waals surface area contributed by atoms with E-state index in [0.29, 0.717) is 5.69 Å². The molecule has 1 saturated heterocycles. The van der Waals surface area contributed by atoms with Crippen LogP contribution in [-0.4, -0.2) is 31.3 Å². The van der Waals surface area contributed by atoms with Crippen LogP contribution in [0.15, 0.2) is 16.7 Å². The van der Waals surface area contributed by atoms with Crippen LogP contribution in [0.3, 0.4) is 0 Å². The van der Waals surface area contributed by atoms with E-state index in [0.717, 1.165) is 36.6 Å². The second-order valence-corrected chi connectivity index (χ2v) is 4.02. The van der Waals surface area contributed by atoms with Gasteiger partial charge in [-0.2, -0.15) is 0 Å². The van der Waals surface area contributed by atoms with Crippen molar-refractivity contribution in [3.63, 3.8) is 0 Å². The number of ether oxygens (including phenoxy) is 1. The van der Waals surface area contributed by atoms with E-state index < -0.39 is 0 Å². The van der Waals surface area contributed by atoms with Gasteiger partial charge in [-0.15, -0.1) is 0 Å². The third-order valence-corrected chi connectivity index (χ3v) is 2.89. The molecule has 0 amide bonds. The number of pyridine rings is 1. The lowest BCUT2D eigenvalue weighted by molar-refractivity contribution is 0.122. The Hall–Kier alpha value is -0.810. The lowest BCUT2D eigenvalue weighted by Gasteiger charge is -2.27. The van der Waals surface area contributed by atoms with Crippen molar-refractivity contribution in [2.24, 2.45) is 0 Å². The summed E-state index contributed by atoms with van der Waals surface area (Å²) in [5.74, 6) is 0.953. The number of nitrogens with zero attached hydrogens (tertiary/aromatic N) is 2. The number of nitrogen functional groups attached to an aromatic ring is 1. The average molecular weight is 258 g/mol. The van der Waals surface area contributed by atoms with Crippen molar-refractivity contribution in [2.45, 2.75) is 0 Å². The summed E-state index contributed by atoms with van der Waals surface area (Å²) >= 11 is 3.39. The molecule has 0 unspecified atom stereocenters. The monoisotopic (exact) mass is 257 g/mol. The molecule has 2 heterocycles. The maximum Gasteiger partial charge on any atom is 0.129 e. The first-order valence-electron chi connectivity index (χ1n) is 4.51. The Bertz CT molecular complexity index is 326. The number of nitrogens with two attached hydrogens (primary N) is 1. The van der Waals surface area contributed by atoms with Gasteiger partial charge in [0.05, 0.1) is 25.1 Å². The van der Waals surface area contributed by atoms with Crippen molar-refractivity contribution in [1.82, 2.24) is 4.98 Å². The van der Waals surface area contributed by atoms with Crippen LogP contribution in [0.2, 0.25) is 0 Å². The smallest absolute Gasteiger partial charge is 0.129 e. The van der Waals surface area contributed by atoms with Gasteiger partial charge in [0, 0.05) is 17.6 Å². The molecule has 0 bridgehead atoms. The molecule has 4 nitrogen and oxygen atoms in total. The van der Waals surface area contributed by atoms with Gasteiger partial charge in [-0.3, -0.25) is 0 Å². The van der Waals surface area contributed by atoms with Crippen LogP contribution in [0.4, 0.5) is 11.5 Å². The number of morpholine rings is 1. The van der Waals surface area contributed by atoms with Gasteiger partial charge in [-0.1, -0.05) is 0 Å². The zero-order valence-corrected chi connectivity index (χ0v) is 9.33. The van der Waals surface area contributed by atoms with Crippen LogP contribution in [0.1, 0.15) is 0 Å². The maximum atomic E-state index is 5.67. The standard InChI is InChI=1S/C9H12BrN3O/c10-7-5-9(12-6-8(7)11)13-1-3-14-4-2-13/h5-6H,1-4,11H2. The van der Waals surface area contributed by atoms with E-state index in [1.54, 1.807) is 6.20 Å². The molecule has 1 fully saturated rings. The molecule has 76 valence electrons. The van der Waals surface area contributed by atoms with E-state index in [1.165, 1.54) is 0 Å². The van der Waals surface area contributed by atoms with Crippen molar-refractivity contribution in [3.8, 4) is 0 Å². The van der Waals surface area contributed by atoms with E-state index in [4.69, 9.17) is 10.5 Å². The van der Waals surface area contributed by atoms with Gasteiger partial charge in [-0.25, -0.2) is 4.98 Å². The highest BCUT2D eigenvalue weighted by molar-refractivity contribution is 9.10. The number of aromatic nitrogens is 1. The predicted molar refractivity (Wildman–Crippen MR) is 59.4 cm³/mol. The van der Waals surface area contributed by atoms with Crippen LogP contribution >= 0.6 is 15.9 Å². The van der Waals surface area contributed by atoms with E-state index in [-0.39, 0.29) is 0 Å². The quantitative estimate of drug-likeness (QED) is 0.824. The Labute approximate surface area is 91.2 Å². The van der Waals surface area contributed by atoms with Crippen LogP contribution in [0.5, 0.6) is 0 Å². The lowest BCUT2D eigenvalue weighted by Crippen LogP contribution is -2.36. The Morgan fingerprint density at radius 3 is 2.79 bits per heavy atom. The Morgan fingerprint density at radius 2 is 2.14 bits per heavy atom. The minimum Gasteiger partial charge on any atom is -0.397 e. The van der Waals surface area contributed by atoms with Gasteiger partial charge in [0.1, 0.15) is 5.82 Å².